The van der Waals surface area contributed by atoms with Crippen LogP contribution in [-0.4, -0.2) is 65.7 Å². The fourth-order valence-corrected chi connectivity index (χ4v) is 4.69. The van der Waals surface area contributed by atoms with Gasteiger partial charge in [-0.1, -0.05) is 6.07 Å². The highest BCUT2D eigenvalue weighted by atomic mass is 16.6. The normalized spacial score (nSPS) is 19.1. The van der Waals surface area contributed by atoms with Crippen molar-refractivity contribution in [2.75, 3.05) is 37.7 Å². The topological polar surface area (TPSA) is 90.6 Å². The van der Waals surface area contributed by atoms with Crippen molar-refractivity contribution in [2.24, 2.45) is 5.92 Å². The number of piperidine rings is 1. The zero-order valence-electron chi connectivity index (χ0n) is 18.6. The molecule has 2 aromatic heterocycles. The highest BCUT2D eigenvalue weighted by Crippen LogP contribution is 2.23. The lowest BCUT2D eigenvalue weighted by molar-refractivity contribution is 0.0868. The summed E-state index contributed by atoms with van der Waals surface area (Å²) in [4.78, 5) is 36.4. The first kappa shape index (κ1) is 21.3. The van der Waals surface area contributed by atoms with Gasteiger partial charge >= 0.3 is 6.09 Å². The van der Waals surface area contributed by atoms with E-state index in [0.29, 0.717) is 31.2 Å². The van der Waals surface area contributed by atoms with Crippen LogP contribution in [0.25, 0.3) is 10.9 Å². The molecular formula is C25H29N5O3. The number of pyridine rings is 1. The van der Waals surface area contributed by atoms with Crippen LogP contribution in [0.2, 0.25) is 0 Å². The maximum absolute atomic E-state index is 12.6. The molecule has 2 fully saturated rings. The summed E-state index contributed by atoms with van der Waals surface area (Å²) in [6.45, 7) is 3.44. The predicted molar refractivity (Wildman–Crippen MR) is 126 cm³/mol. The average molecular weight is 448 g/mol. The van der Waals surface area contributed by atoms with E-state index in [1.165, 1.54) is 5.69 Å². The largest absolute Gasteiger partial charge is 0.449 e. The fraction of sp³-hybridized carbons (Fsp3) is 0.400. The monoisotopic (exact) mass is 447 g/mol. The number of nitrogens with one attached hydrogen (secondary N) is 2. The lowest BCUT2D eigenvalue weighted by atomic mass is 9.97. The van der Waals surface area contributed by atoms with Gasteiger partial charge in [0.2, 0.25) is 0 Å². The molecule has 5 rings (SSSR count). The molecule has 1 aromatic carbocycles. The molecule has 0 aliphatic carbocycles. The number of rotatable bonds is 5. The Kier molecular flexibility index (Phi) is 6.15. The van der Waals surface area contributed by atoms with Crippen molar-refractivity contribution < 1.29 is 14.3 Å². The van der Waals surface area contributed by atoms with Crippen LogP contribution in [0.4, 0.5) is 10.5 Å². The molecule has 2 amide bonds. The summed E-state index contributed by atoms with van der Waals surface area (Å²) in [5.74, 6) is 0.265. The summed E-state index contributed by atoms with van der Waals surface area (Å²) >= 11 is 0. The SMILES string of the molecule is O=C(NC1CCN(C(=O)OCC2CCN(c3ccncc3)CC2)C1)c1ccc2cc[nH]c2c1. The van der Waals surface area contributed by atoms with Gasteiger partial charge in [-0.25, -0.2) is 4.79 Å². The van der Waals surface area contributed by atoms with E-state index in [4.69, 9.17) is 4.74 Å². The Balaban J connectivity index is 1.05. The molecule has 0 radical (unpaired) electrons. The third kappa shape index (κ3) is 4.94. The van der Waals surface area contributed by atoms with Crippen molar-refractivity contribution in [2.45, 2.75) is 25.3 Å². The first-order valence-electron chi connectivity index (χ1n) is 11.6. The van der Waals surface area contributed by atoms with Crippen LogP contribution in [0.3, 0.4) is 0 Å². The van der Waals surface area contributed by atoms with E-state index in [1.807, 2.05) is 55.0 Å². The molecule has 2 N–H and O–H groups in total. The molecule has 172 valence electrons. The zero-order valence-corrected chi connectivity index (χ0v) is 18.6. The van der Waals surface area contributed by atoms with Crippen LogP contribution in [0, 0.1) is 5.92 Å². The second kappa shape index (κ2) is 9.52. The third-order valence-corrected chi connectivity index (χ3v) is 6.68. The third-order valence-electron chi connectivity index (χ3n) is 6.68. The van der Waals surface area contributed by atoms with E-state index in [2.05, 4.69) is 20.2 Å². The van der Waals surface area contributed by atoms with Crippen LogP contribution in [0.5, 0.6) is 0 Å². The maximum Gasteiger partial charge on any atom is 0.409 e. The number of anilines is 1. The Morgan fingerprint density at radius 2 is 1.88 bits per heavy atom. The summed E-state index contributed by atoms with van der Waals surface area (Å²) in [7, 11) is 0. The van der Waals surface area contributed by atoms with Crippen molar-refractivity contribution in [1.82, 2.24) is 20.2 Å². The van der Waals surface area contributed by atoms with E-state index in [9.17, 15) is 9.59 Å². The van der Waals surface area contributed by atoms with E-state index >= 15 is 0 Å². The number of likely N-dealkylation sites (tertiary alicyclic amines) is 1. The van der Waals surface area contributed by atoms with Gasteiger partial charge in [-0.3, -0.25) is 9.78 Å². The van der Waals surface area contributed by atoms with Gasteiger partial charge in [0.1, 0.15) is 0 Å². The molecular weight excluding hydrogens is 418 g/mol. The molecule has 0 spiro atoms. The molecule has 1 atom stereocenters. The van der Waals surface area contributed by atoms with Crippen molar-refractivity contribution >= 4 is 28.6 Å². The van der Waals surface area contributed by atoms with E-state index in [1.54, 1.807) is 4.90 Å². The average Bonchev–Trinajstić information content (AvgIpc) is 3.52. The second-order valence-corrected chi connectivity index (χ2v) is 8.90. The van der Waals surface area contributed by atoms with Crippen LogP contribution in [0.1, 0.15) is 29.6 Å². The quantitative estimate of drug-likeness (QED) is 0.626. The van der Waals surface area contributed by atoms with Crippen LogP contribution < -0.4 is 10.2 Å². The van der Waals surface area contributed by atoms with Gasteiger partial charge in [0.15, 0.2) is 0 Å². The molecule has 8 heteroatoms. The predicted octanol–water partition coefficient (Wildman–Crippen LogP) is 3.42. The lowest BCUT2D eigenvalue weighted by Crippen LogP contribution is -2.39. The second-order valence-electron chi connectivity index (χ2n) is 8.90. The molecule has 2 aliphatic rings. The molecule has 4 heterocycles. The first-order valence-corrected chi connectivity index (χ1v) is 11.6. The minimum absolute atomic E-state index is 0.0620. The van der Waals surface area contributed by atoms with Gasteiger partial charge in [-0.05, 0) is 60.9 Å². The minimum Gasteiger partial charge on any atom is -0.449 e. The number of H-pyrrole nitrogens is 1. The van der Waals surface area contributed by atoms with Crippen LogP contribution in [0.15, 0.2) is 55.0 Å². The summed E-state index contributed by atoms with van der Waals surface area (Å²) < 4.78 is 5.63. The number of fused-ring (bicyclic) bond motifs is 1. The lowest BCUT2D eigenvalue weighted by Gasteiger charge is -2.33. The molecule has 33 heavy (non-hydrogen) atoms. The molecule has 2 saturated heterocycles. The maximum atomic E-state index is 12.6. The summed E-state index contributed by atoms with van der Waals surface area (Å²) in [6, 6.07) is 11.6. The van der Waals surface area contributed by atoms with Crippen LogP contribution in [-0.2, 0) is 4.74 Å². The van der Waals surface area contributed by atoms with Crippen molar-refractivity contribution in [3.63, 3.8) is 0 Å². The van der Waals surface area contributed by atoms with Crippen LogP contribution >= 0.6 is 0 Å². The number of nitrogens with zero attached hydrogens (tertiary/aromatic N) is 3. The number of aromatic amines is 1. The number of amides is 2. The van der Waals surface area contributed by atoms with Gasteiger partial charge in [0.25, 0.3) is 5.91 Å². The van der Waals surface area contributed by atoms with Gasteiger partial charge in [-0.15, -0.1) is 0 Å². The number of aromatic nitrogens is 2. The Bertz CT molecular complexity index is 1110. The van der Waals surface area contributed by atoms with E-state index in [-0.39, 0.29) is 18.0 Å². The standard InChI is InChI=1S/C25H29N5O3/c31-24(20-2-1-19-3-11-27-23(19)15-20)28-21-8-14-30(16-21)25(32)33-17-18-6-12-29(13-7-18)22-4-9-26-10-5-22/h1-5,9-11,15,18,21,27H,6-8,12-14,16-17H2,(H,28,31). The molecule has 2 aliphatic heterocycles. The van der Waals surface area contributed by atoms with E-state index < -0.39 is 0 Å². The molecule has 0 bridgehead atoms. The molecule has 0 saturated carbocycles. The van der Waals surface area contributed by atoms with Gasteiger partial charge < -0.3 is 24.8 Å². The number of carbonyl (C=O) groups is 2. The number of hydrogen-bond acceptors (Lipinski definition) is 5. The number of carbonyl (C=O) groups excluding carboxylic acids is 2. The van der Waals surface area contributed by atoms with Crippen molar-refractivity contribution in [3.05, 3.63) is 60.6 Å². The molecule has 8 nitrogen and oxygen atoms in total. The summed E-state index contributed by atoms with van der Waals surface area (Å²) in [6.07, 6.45) is 7.94. The fourth-order valence-electron chi connectivity index (χ4n) is 4.69. The van der Waals surface area contributed by atoms with Gasteiger partial charge in [-0.2, -0.15) is 0 Å². The number of hydrogen-bond donors (Lipinski definition) is 2. The van der Waals surface area contributed by atoms with Crippen molar-refractivity contribution in [1.29, 1.82) is 0 Å². The Hall–Kier alpha value is -3.55. The summed E-state index contributed by atoms with van der Waals surface area (Å²) in [5, 5.41) is 4.12. The summed E-state index contributed by atoms with van der Waals surface area (Å²) in [5.41, 5.74) is 2.74. The van der Waals surface area contributed by atoms with Gasteiger partial charge in [0.05, 0.1) is 6.61 Å². The Labute approximate surface area is 192 Å². The van der Waals surface area contributed by atoms with Gasteiger partial charge in [0, 0.05) is 67.6 Å². The smallest absolute Gasteiger partial charge is 0.409 e. The van der Waals surface area contributed by atoms with Crippen molar-refractivity contribution in [3.8, 4) is 0 Å². The highest BCUT2D eigenvalue weighted by Gasteiger charge is 2.29. The minimum atomic E-state index is -0.281. The highest BCUT2D eigenvalue weighted by molar-refractivity contribution is 5.98. The Morgan fingerprint density at radius 3 is 2.70 bits per heavy atom. The molecule has 1 unspecified atom stereocenters. The Morgan fingerprint density at radius 1 is 1.06 bits per heavy atom. The first-order chi connectivity index (χ1) is 16.2. The molecule has 3 aromatic rings. The number of ether oxygens (including phenoxy) is 1. The number of benzene rings is 1. The van der Waals surface area contributed by atoms with E-state index in [0.717, 1.165) is 43.3 Å². The zero-order chi connectivity index (χ0) is 22.6.